The summed E-state index contributed by atoms with van der Waals surface area (Å²) < 4.78 is 1.19. The molecule has 1 aromatic heterocycles. The number of thiazole rings is 1. The van der Waals surface area contributed by atoms with Gasteiger partial charge in [-0.25, -0.2) is 4.98 Å². The predicted molar refractivity (Wildman–Crippen MR) is 93.2 cm³/mol. The van der Waals surface area contributed by atoms with Crippen LogP contribution in [0.15, 0.2) is 12.1 Å². The van der Waals surface area contributed by atoms with E-state index in [0.717, 1.165) is 35.2 Å². The van der Waals surface area contributed by atoms with Gasteiger partial charge in [0.1, 0.15) is 0 Å². The Morgan fingerprint density at radius 2 is 1.90 bits per heavy atom. The average molecular weight is 303 g/mol. The Balaban J connectivity index is 1.83. The molecule has 1 aliphatic rings. The van der Waals surface area contributed by atoms with Crippen LogP contribution in [0.1, 0.15) is 38.6 Å². The molecule has 0 bridgehead atoms. The quantitative estimate of drug-likeness (QED) is 0.791. The van der Waals surface area contributed by atoms with Crippen LogP contribution in [0.4, 0.5) is 11.4 Å². The zero-order valence-corrected chi connectivity index (χ0v) is 14.3. The van der Waals surface area contributed by atoms with E-state index in [0.29, 0.717) is 5.41 Å². The number of aromatic nitrogens is 1. The first-order valence-corrected chi connectivity index (χ1v) is 8.58. The molecule has 114 valence electrons. The molecule has 0 unspecified atom stereocenters. The van der Waals surface area contributed by atoms with Crippen molar-refractivity contribution in [1.29, 1.82) is 0 Å². The Morgan fingerprint density at radius 3 is 2.52 bits per heavy atom. The fourth-order valence-electron chi connectivity index (χ4n) is 3.35. The van der Waals surface area contributed by atoms with Crippen molar-refractivity contribution in [3.63, 3.8) is 0 Å². The highest BCUT2D eigenvalue weighted by Crippen LogP contribution is 2.38. The van der Waals surface area contributed by atoms with Gasteiger partial charge >= 0.3 is 0 Å². The van der Waals surface area contributed by atoms with Gasteiger partial charge < -0.3 is 10.6 Å². The second-order valence-corrected chi connectivity index (χ2v) is 8.47. The Kier molecular flexibility index (Phi) is 3.60. The second-order valence-electron chi connectivity index (χ2n) is 7.24. The van der Waals surface area contributed by atoms with Crippen LogP contribution in [0.5, 0.6) is 0 Å². The number of aryl methyl sites for hydroxylation is 1. The Morgan fingerprint density at radius 1 is 1.24 bits per heavy atom. The van der Waals surface area contributed by atoms with Gasteiger partial charge in [-0.2, -0.15) is 0 Å². The van der Waals surface area contributed by atoms with Gasteiger partial charge in [0, 0.05) is 13.1 Å². The van der Waals surface area contributed by atoms with Crippen LogP contribution in [-0.4, -0.2) is 18.1 Å². The monoisotopic (exact) mass is 303 g/mol. The van der Waals surface area contributed by atoms with Crippen molar-refractivity contribution in [3.8, 4) is 0 Å². The molecule has 0 radical (unpaired) electrons. The maximum atomic E-state index is 6.28. The van der Waals surface area contributed by atoms with Gasteiger partial charge in [-0.15, -0.1) is 11.3 Å². The van der Waals surface area contributed by atoms with Gasteiger partial charge in [0.25, 0.3) is 0 Å². The molecule has 2 N–H and O–H groups in total. The van der Waals surface area contributed by atoms with Crippen LogP contribution in [0, 0.1) is 18.3 Å². The molecule has 0 aliphatic carbocycles. The summed E-state index contributed by atoms with van der Waals surface area (Å²) >= 11 is 1.72. The van der Waals surface area contributed by atoms with E-state index in [2.05, 4.69) is 49.7 Å². The zero-order chi connectivity index (χ0) is 15.2. The molecule has 2 aromatic rings. The van der Waals surface area contributed by atoms with Crippen LogP contribution < -0.4 is 10.6 Å². The van der Waals surface area contributed by atoms with Crippen molar-refractivity contribution < 1.29 is 0 Å². The molecule has 1 fully saturated rings. The number of benzene rings is 1. The van der Waals surface area contributed by atoms with Crippen molar-refractivity contribution >= 4 is 32.9 Å². The zero-order valence-electron chi connectivity index (χ0n) is 13.4. The van der Waals surface area contributed by atoms with E-state index in [-0.39, 0.29) is 0 Å². The maximum absolute atomic E-state index is 6.28. The summed E-state index contributed by atoms with van der Waals surface area (Å²) in [6.45, 7) is 11.3. The topological polar surface area (TPSA) is 42.2 Å². The van der Waals surface area contributed by atoms with Crippen molar-refractivity contribution in [2.24, 2.45) is 11.3 Å². The fourth-order valence-corrected chi connectivity index (χ4v) is 4.21. The fraction of sp³-hybridized carbons (Fsp3) is 0.588. The van der Waals surface area contributed by atoms with Crippen molar-refractivity contribution in [2.75, 3.05) is 23.7 Å². The highest BCUT2D eigenvalue weighted by molar-refractivity contribution is 7.18. The van der Waals surface area contributed by atoms with E-state index < -0.39 is 0 Å². The number of anilines is 2. The number of rotatable bonds is 1. The van der Waals surface area contributed by atoms with Crippen molar-refractivity contribution in [2.45, 2.75) is 40.5 Å². The summed E-state index contributed by atoms with van der Waals surface area (Å²) in [5.41, 5.74) is 9.83. The van der Waals surface area contributed by atoms with Crippen LogP contribution in [0.25, 0.3) is 10.2 Å². The van der Waals surface area contributed by atoms with E-state index in [1.54, 1.807) is 11.3 Å². The minimum Gasteiger partial charge on any atom is -0.397 e. The molecule has 2 heterocycles. The highest BCUT2D eigenvalue weighted by atomic mass is 32.1. The highest BCUT2D eigenvalue weighted by Gasteiger charge is 2.29. The number of nitrogen functional groups attached to an aromatic ring is 1. The molecule has 0 saturated carbocycles. The van der Waals surface area contributed by atoms with Crippen molar-refractivity contribution in [1.82, 2.24) is 4.98 Å². The van der Waals surface area contributed by atoms with E-state index in [4.69, 9.17) is 5.73 Å². The van der Waals surface area contributed by atoms with Gasteiger partial charge in [-0.3, -0.25) is 0 Å². The lowest BCUT2D eigenvalue weighted by atomic mass is 9.75. The minimum atomic E-state index is 0.410. The predicted octanol–water partition coefficient (Wildman–Crippen LogP) is 4.45. The molecule has 3 rings (SSSR count). The molecule has 3 nitrogen and oxygen atoms in total. The Labute approximate surface area is 131 Å². The van der Waals surface area contributed by atoms with Crippen LogP contribution in [0.3, 0.4) is 0 Å². The molecule has 0 atom stereocenters. The second kappa shape index (κ2) is 5.16. The summed E-state index contributed by atoms with van der Waals surface area (Å²) in [4.78, 5) is 7.04. The van der Waals surface area contributed by atoms with Crippen LogP contribution in [-0.2, 0) is 0 Å². The molecule has 1 aromatic carbocycles. The summed E-state index contributed by atoms with van der Waals surface area (Å²) in [6, 6.07) is 4.26. The number of nitrogens with two attached hydrogens (primary N) is 1. The smallest absolute Gasteiger partial charge is 0.0907 e. The molecule has 4 heteroatoms. The van der Waals surface area contributed by atoms with E-state index in [9.17, 15) is 0 Å². The maximum Gasteiger partial charge on any atom is 0.0907 e. The summed E-state index contributed by atoms with van der Waals surface area (Å²) in [5, 5.41) is 1.10. The summed E-state index contributed by atoms with van der Waals surface area (Å²) in [7, 11) is 0. The van der Waals surface area contributed by atoms with Gasteiger partial charge in [0.05, 0.1) is 26.6 Å². The third-order valence-electron chi connectivity index (χ3n) is 4.70. The van der Waals surface area contributed by atoms with E-state index in [1.165, 1.54) is 23.2 Å². The number of hydrogen-bond acceptors (Lipinski definition) is 4. The van der Waals surface area contributed by atoms with Crippen LogP contribution >= 0.6 is 11.3 Å². The molecule has 1 saturated heterocycles. The molecule has 21 heavy (non-hydrogen) atoms. The Bertz CT molecular complexity index is 646. The first-order valence-electron chi connectivity index (χ1n) is 7.76. The largest absolute Gasteiger partial charge is 0.397 e. The first kappa shape index (κ1) is 14.6. The molecular formula is C17H25N3S. The third-order valence-corrected chi connectivity index (χ3v) is 5.64. The molecule has 1 aliphatic heterocycles. The number of piperidine rings is 1. The van der Waals surface area contributed by atoms with Gasteiger partial charge in [-0.05, 0) is 43.2 Å². The van der Waals surface area contributed by atoms with E-state index >= 15 is 0 Å². The molecule has 0 amide bonds. The lowest BCUT2D eigenvalue weighted by molar-refractivity contribution is 0.199. The minimum absolute atomic E-state index is 0.410. The van der Waals surface area contributed by atoms with E-state index in [1.807, 2.05) is 0 Å². The number of nitrogens with zero attached hydrogens (tertiary/aromatic N) is 2. The van der Waals surface area contributed by atoms with Gasteiger partial charge in [-0.1, -0.05) is 20.8 Å². The summed E-state index contributed by atoms with van der Waals surface area (Å²) in [6.07, 6.45) is 2.49. The van der Waals surface area contributed by atoms with Gasteiger partial charge in [0.2, 0.25) is 0 Å². The summed E-state index contributed by atoms with van der Waals surface area (Å²) in [5.74, 6) is 0.806. The lowest BCUT2D eigenvalue weighted by Crippen LogP contribution is -2.38. The standard InChI is InChI=1S/C17H25N3S/c1-11-19-14-10-15(13(18)9-16(14)21-11)20-7-5-12(6-8-20)17(2,3)4/h9-10,12H,5-8,18H2,1-4H3. The normalized spacial score (nSPS) is 17.6. The van der Waals surface area contributed by atoms with Crippen LogP contribution in [0.2, 0.25) is 0 Å². The SMILES string of the molecule is Cc1nc2cc(N3CCC(C(C)(C)C)CC3)c(N)cc2s1. The third kappa shape index (κ3) is 2.86. The number of hydrogen-bond donors (Lipinski definition) is 1. The average Bonchev–Trinajstić information content (AvgIpc) is 2.76. The van der Waals surface area contributed by atoms with Crippen molar-refractivity contribution in [3.05, 3.63) is 17.1 Å². The Hall–Kier alpha value is -1.29. The number of fused-ring (bicyclic) bond motifs is 1. The molecular weight excluding hydrogens is 278 g/mol. The van der Waals surface area contributed by atoms with Gasteiger partial charge in [0.15, 0.2) is 0 Å². The lowest BCUT2D eigenvalue weighted by Gasteiger charge is -2.40. The molecule has 0 spiro atoms. The first-order chi connectivity index (χ1) is 9.84.